The summed E-state index contributed by atoms with van der Waals surface area (Å²) in [6.45, 7) is 0.00852. The summed E-state index contributed by atoms with van der Waals surface area (Å²) in [6, 6.07) is 14.3. The molecule has 2 N–H and O–H groups in total. The number of non-ortho nitro benzene ring substituents is 1. The molecule has 2 aromatic rings. The quantitative estimate of drug-likeness (QED) is 0.651. The molecule has 0 aliphatic heterocycles. The molecule has 1 amide bonds. The number of carbonyl (C=O) groups is 1. The molecule has 0 aliphatic rings. The minimum Gasteiger partial charge on any atom is -0.376 e. The van der Waals surface area contributed by atoms with Crippen LogP contribution in [-0.4, -0.2) is 17.4 Å². The zero-order chi connectivity index (χ0) is 15.9. The third kappa shape index (κ3) is 4.05. The van der Waals surface area contributed by atoms with Crippen molar-refractivity contribution < 1.29 is 9.72 Å². The lowest BCUT2D eigenvalue weighted by Crippen LogP contribution is -2.21. The lowest BCUT2D eigenvalue weighted by Gasteiger charge is -2.07. The highest BCUT2D eigenvalue weighted by Gasteiger charge is 2.06. The van der Waals surface area contributed by atoms with Gasteiger partial charge in [0, 0.05) is 23.5 Å². The Bertz CT molecular complexity index is 735. The second-order valence-electron chi connectivity index (χ2n) is 4.40. The topological polar surface area (TPSA) is 108 Å². The molecule has 0 aromatic heterocycles. The molecule has 0 spiro atoms. The maximum Gasteiger partial charge on any atom is 0.269 e. The molecule has 0 bridgehead atoms. The van der Waals surface area contributed by atoms with Gasteiger partial charge in [-0.1, -0.05) is 6.07 Å². The molecule has 22 heavy (non-hydrogen) atoms. The van der Waals surface area contributed by atoms with E-state index >= 15 is 0 Å². The lowest BCUT2D eigenvalue weighted by atomic mass is 10.2. The predicted octanol–water partition coefficient (Wildman–Crippen LogP) is 2.52. The lowest BCUT2D eigenvalue weighted by molar-refractivity contribution is -0.384. The number of nitriles is 1. The average Bonchev–Trinajstić information content (AvgIpc) is 2.53. The van der Waals surface area contributed by atoms with Crippen LogP contribution in [-0.2, 0) is 4.79 Å². The van der Waals surface area contributed by atoms with Gasteiger partial charge in [0.25, 0.3) is 5.69 Å². The first-order valence-corrected chi connectivity index (χ1v) is 6.37. The Labute approximate surface area is 126 Å². The number of amides is 1. The maximum atomic E-state index is 11.8. The fourth-order valence-electron chi connectivity index (χ4n) is 1.76. The van der Waals surface area contributed by atoms with E-state index in [0.717, 1.165) is 0 Å². The Morgan fingerprint density at radius 3 is 2.55 bits per heavy atom. The van der Waals surface area contributed by atoms with Crippen LogP contribution in [0.5, 0.6) is 0 Å². The molecule has 0 atom stereocenters. The van der Waals surface area contributed by atoms with Gasteiger partial charge < -0.3 is 10.6 Å². The van der Waals surface area contributed by atoms with E-state index in [1.165, 1.54) is 24.3 Å². The van der Waals surface area contributed by atoms with Gasteiger partial charge in [-0.15, -0.1) is 0 Å². The van der Waals surface area contributed by atoms with E-state index in [-0.39, 0.29) is 18.1 Å². The van der Waals surface area contributed by atoms with Crippen LogP contribution >= 0.6 is 0 Å². The summed E-state index contributed by atoms with van der Waals surface area (Å²) in [7, 11) is 0. The van der Waals surface area contributed by atoms with Crippen LogP contribution in [0.25, 0.3) is 0 Å². The third-order valence-corrected chi connectivity index (χ3v) is 2.81. The molecule has 0 radical (unpaired) electrons. The number of hydrogen-bond acceptors (Lipinski definition) is 5. The number of carbonyl (C=O) groups excluding carboxylic acids is 1. The zero-order valence-electron chi connectivity index (χ0n) is 11.4. The van der Waals surface area contributed by atoms with E-state index < -0.39 is 4.92 Å². The minimum absolute atomic E-state index is 0.00852. The van der Waals surface area contributed by atoms with Crippen molar-refractivity contribution in [3.8, 4) is 6.07 Å². The molecule has 0 saturated carbocycles. The number of rotatable bonds is 5. The monoisotopic (exact) mass is 296 g/mol. The summed E-state index contributed by atoms with van der Waals surface area (Å²) in [5.74, 6) is -0.284. The number of benzene rings is 2. The van der Waals surface area contributed by atoms with Crippen LogP contribution in [0.1, 0.15) is 5.56 Å². The van der Waals surface area contributed by atoms with Gasteiger partial charge in [-0.2, -0.15) is 5.26 Å². The number of nitrogens with zero attached hydrogens (tertiary/aromatic N) is 2. The van der Waals surface area contributed by atoms with Crippen molar-refractivity contribution >= 4 is 23.0 Å². The summed E-state index contributed by atoms with van der Waals surface area (Å²) >= 11 is 0. The van der Waals surface area contributed by atoms with Crippen molar-refractivity contribution in [1.82, 2.24) is 0 Å². The van der Waals surface area contributed by atoms with Gasteiger partial charge >= 0.3 is 0 Å². The second-order valence-corrected chi connectivity index (χ2v) is 4.40. The Balaban J connectivity index is 1.89. The Morgan fingerprint density at radius 1 is 1.18 bits per heavy atom. The normalized spacial score (nSPS) is 9.59. The maximum absolute atomic E-state index is 11.8. The van der Waals surface area contributed by atoms with Crippen LogP contribution in [0.3, 0.4) is 0 Å². The van der Waals surface area contributed by atoms with Crippen LogP contribution in [0, 0.1) is 21.4 Å². The van der Waals surface area contributed by atoms with Crippen molar-refractivity contribution in [3.05, 3.63) is 64.2 Å². The molecule has 0 fully saturated rings. The average molecular weight is 296 g/mol. The summed E-state index contributed by atoms with van der Waals surface area (Å²) in [4.78, 5) is 21.8. The van der Waals surface area contributed by atoms with Gasteiger partial charge in [-0.3, -0.25) is 14.9 Å². The number of nitrogens with one attached hydrogen (secondary N) is 2. The fraction of sp³-hybridized carbons (Fsp3) is 0.0667. The summed E-state index contributed by atoms with van der Waals surface area (Å²) in [5.41, 5.74) is 1.59. The molecule has 0 aliphatic carbocycles. The van der Waals surface area contributed by atoms with E-state index in [0.29, 0.717) is 16.9 Å². The van der Waals surface area contributed by atoms with Crippen molar-refractivity contribution in [2.75, 3.05) is 17.2 Å². The van der Waals surface area contributed by atoms with Gasteiger partial charge in [-0.25, -0.2) is 0 Å². The summed E-state index contributed by atoms with van der Waals surface area (Å²) in [5, 5.41) is 24.8. The standard InChI is InChI=1S/C15H12N4O3/c16-9-11-2-1-3-13(8-11)18-15(20)10-17-12-4-6-14(7-5-12)19(21)22/h1-8,17H,10H2,(H,18,20). The summed E-state index contributed by atoms with van der Waals surface area (Å²) < 4.78 is 0. The Morgan fingerprint density at radius 2 is 1.91 bits per heavy atom. The minimum atomic E-state index is -0.487. The molecule has 2 rings (SSSR count). The number of hydrogen-bond donors (Lipinski definition) is 2. The van der Waals surface area contributed by atoms with E-state index in [1.807, 2.05) is 6.07 Å². The summed E-state index contributed by atoms with van der Waals surface area (Å²) in [6.07, 6.45) is 0. The van der Waals surface area contributed by atoms with E-state index in [9.17, 15) is 14.9 Å². The molecule has 2 aromatic carbocycles. The van der Waals surface area contributed by atoms with Gasteiger partial charge in [-0.05, 0) is 30.3 Å². The second kappa shape index (κ2) is 6.85. The Hall–Kier alpha value is -3.40. The first-order valence-electron chi connectivity index (χ1n) is 6.37. The zero-order valence-corrected chi connectivity index (χ0v) is 11.4. The predicted molar refractivity (Wildman–Crippen MR) is 81.4 cm³/mol. The SMILES string of the molecule is N#Cc1cccc(NC(=O)CNc2ccc([N+](=O)[O-])cc2)c1. The van der Waals surface area contributed by atoms with E-state index in [1.54, 1.807) is 24.3 Å². The van der Waals surface area contributed by atoms with Crippen LogP contribution < -0.4 is 10.6 Å². The molecule has 0 unspecified atom stereocenters. The highest BCUT2D eigenvalue weighted by atomic mass is 16.6. The number of nitro benzene ring substituents is 1. The van der Waals surface area contributed by atoms with Crippen molar-refractivity contribution in [3.63, 3.8) is 0 Å². The van der Waals surface area contributed by atoms with E-state index in [2.05, 4.69) is 10.6 Å². The van der Waals surface area contributed by atoms with Crippen molar-refractivity contribution in [1.29, 1.82) is 5.26 Å². The molecule has 0 saturated heterocycles. The third-order valence-electron chi connectivity index (χ3n) is 2.81. The van der Waals surface area contributed by atoms with Gasteiger partial charge in [0.1, 0.15) is 0 Å². The van der Waals surface area contributed by atoms with Crippen LogP contribution in [0.2, 0.25) is 0 Å². The highest BCUT2D eigenvalue weighted by molar-refractivity contribution is 5.93. The number of nitro groups is 1. The smallest absolute Gasteiger partial charge is 0.269 e. The van der Waals surface area contributed by atoms with Crippen LogP contribution in [0.15, 0.2) is 48.5 Å². The van der Waals surface area contributed by atoms with Gasteiger partial charge in [0.15, 0.2) is 0 Å². The molecule has 7 heteroatoms. The highest BCUT2D eigenvalue weighted by Crippen LogP contribution is 2.15. The largest absolute Gasteiger partial charge is 0.376 e. The molecule has 7 nitrogen and oxygen atoms in total. The van der Waals surface area contributed by atoms with Crippen LogP contribution in [0.4, 0.5) is 17.1 Å². The number of anilines is 2. The molecular weight excluding hydrogens is 284 g/mol. The molecule has 0 heterocycles. The Kier molecular flexibility index (Phi) is 4.67. The van der Waals surface area contributed by atoms with Crippen molar-refractivity contribution in [2.24, 2.45) is 0 Å². The first kappa shape index (κ1) is 15.0. The first-order chi connectivity index (χ1) is 10.6. The van der Waals surface area contributed by atoms with Crippen molar-refractivity contribution in [2.45, 2.75) is 0 Å². The fourth-order valence-corrected chi connectivity index (χ4v) is 1.76. The van der Waals surface area contributed by atoms with Gasteiger partial charge in [0.05, 0.1) is 23.1 Å². The molecular formula is C15H12N4O3. The van der Waals surface area contributed by atoms with E-state index in [4.69, 9.17) is 5.26 Å². The van der Waals surface area contributed by atoms with Gasteiger partial charge in [0.2, 0.25) is 5.91 Å². The molecule has 110 valence electrons.